The summed E-state index contributed by atoms with van der Waals surface area (Å²) in [6.07, 6.45) is 3.18. The van der Waals surface area contributed by atoms with E-state index >= 15 is 0 Å². The maximum atomic E-state index is 11.6. The third kappa shape index (κ3) is 9.61. The maximum Gasteiger partial charge on any atom is 0.293 e. The Balaban J connectivity index is 0.00000784. The van der Waals surface area contributed by atoms with Gasteiger partial charge in [-0.1, -0.05) is 26.7 Å². The average Bonchev–Trinajstić information content (AvgIpc) is 2.64. The SMILES string of the molecule is CCNC(=NCC(CC)CC)NCCNc1ccc(S(C)(=O)=O)cc1[N+](=O)[O-].I. The number of sulfone groups is 1. The van der Waals surface area contributed by atoms with Gasteiger partial charge in [0, 0.05) is 38.5 Å². The minimum absolute atomic E-state index is 0. The predicted octanol–water partition coefficient (Wildman–Crippen LogP) is 3.02. The molecule has 0 atom stereocenters. The molecule has 0 spiro atoms. The van der Waals surface area contributed by atoms with Crippen molar-refractivity contribution in [3.8, 4) is 0 Å². The van der Waals surface area contributed by atoms with Crippen LogP contribution in [-0.4, -0.2) is 51.7 Å². The van der Waals surface area contributed by atoms with Gasteiger partial charge in [-0.25, -0.2) is 8.42 Å². The molecule has 1 aromatic rings. The van der Waals surface area contributed by atoms with Gasteiger partial charge in [0.1, 0.15) is 5.69 Å². The van der Waals surface area contributed by atoms with E-state index in [4.69, 9.17) is 0 Å². The van der Waals surface area contributed by atoms with Crippen LogP contribution in [0.25, 0.3) is 0 Å². The van der Waals surface area contributed by atoms with Crippen molar-refractivity contribution in [2.75, 3.05) is 37.8 Å². The summed E-state index contributed by atoms with van der Waals surface area (Å²) in [5.41, 5.74) is 0.00963. The highest BCUT2D eigenvalue weighted by Gasteiger charge is 2.18. The van der Waals surface area contributed by atoms with Crippen molar-refractivity contribution in [3.63, 3.8) is 0 Å². The van der Waals surface area contributed by atoms with Gasteiger partial charge in [0.15, 0.2) is 15.8 Å². The van der Waals surface area contributed by atoms with E-state index in [-0.39, 0.29) is 40.2 Å². The van der Waals surface area contributed by atoms with Gasteiger partial charge in [-0.3, -0.25) is 15.1 Å². The highest BCUT2D eigenvalue weighted by Crippen LogP contribution is 2.27. The first kappa shape index (κ1) is 27.4. The highest BCUT2D eigenvalue weighted by molar-refractivity contribution is 14.0. The molecule has 9 nitrogen and oxygen atoms in total. The fraction of sp³-hybridized carbons (Fsp3) is 0.611. The molecule has 166 valence electrons. The first-order valence-electron chi connectivity index (χ1n) is 9.47. The Labute approximate surface area is 190 Å². The molecule has 0 unspecified atom stereocenters. The zero-order chi connectivity index (χ0) is 21.2. The number of aliphatic imine (C=N–C) groups is 1. The summed E-state index contributed by atoms with van der Waals surface area (Å²) < 4.78 is 23.2. The third-order valence-electron chi connectivity index (χ3n) is 4.33. The lowest BCUT2D eigenvalue weighted by Crippen LogP contribution is -2.39. The second kappa shape index (κ2) is 13.6. The molecule has 1 rings (SSSR count). The van der Waals surface area contributed by atoms with Crippen molar-refractivity contribution in [2.24, 2.45) is 10.9 Å². The van der Waals surface area contributed by atoms with Crippen LogP contribution < -0.4 is 16.0 Å². The summed E-state index contributed by atoms with van der Waals surface area (Å²) in [5.74, 6) is 1.25. The molecule has 0 amide bonds. The van der Waals surface area contributed by atoms with Crippen LogP contribution in [-0.2, 0) is 9.84 Å². The molecule has 1 aromatic carbocycles. The Morgan fingerprint density at radius 1 is 1.17 bits per heavy atom. The number of nitrogens with one attached hydrogen (secondary N) is 3. The second-order valence-electron chi connectivity index (χ2n) is 6.46. The van der Waals surface area contributed by atoms with Crippen molar-refractivity contribution < 1.29 is 13.3 Å². The van der Waals surface area contributed by atoms with E-state index in [0.717, 1.165) is 38.3 Å². The van der Waals surface area contributed by atoms with Crippen LogP contribution in [0.1, 0.15) is 33.6 Å². The number of hydrogen-bond donors (Lipinski definition) is 3. The van der Waals surface area contributed by atoms with Crippen molar-refractivity contribution in [3.05, 3.63) is 28.3 Å². The number of rotatable bonds is 11. The monoisotopic (exact) mass is 541 g/mol. The molecular formula is C18H32IN5O4S. The Morgan fingerprint density at radius 3 is 2.34 bits per heavy atom. The number of anilines is 1. The number of nitro groups is 1. The molecule has 0 radical (unpaired) electrons. The number of guanidine groups is 1. The molecule has 11 heteroatoms. The topological polar surface area (TPSA) is 126 Å². The third-order valence-corrected chi connectivity index (χ3v) is 5.44. The Morgan fingerprint density at radius 2 is 1.83 bits per heavy atom. The molecule has 0 aliphatic rings. The minimum atomic E-state index is -3.50. The summed E-state index contributed by atoms with van der Waals surface area (Å²) in [6, 6.07) is 3.85. The van der Waals surface area contributed by atoms with Crippen molar-refractivity contribution in [2.45, 2.75) is 38.5 Å². The largest absolute Gasteiger partial charge is 0.378 e. The number of hydrogen-bond acceptors (Lipinski definition) is 6. The van der Waals surface area contributed by atoms with Crippen LogP contribution >= 0.6 is 24.0 Å². The number of nitro benzene ring substituents is 1. The summed E-state index contributed by atoms with van der Waals surface area (Å²) in [7, 11) is -3.50. The van der Waals surface area contributed by atoms with Gasteiger partial charge in [0.05, 0.1) is 9.82 Å². The van der Waals surface area contributed by atoms with Gasteiger partial charge in [-0.2, -0.15) is 0 Å². The van der Waals surface area contributed by atoms with Crippen LogP contribution in [0.4, 0.5) is 11.4 Å². The van der Waals surface area contributed by atoms with Crippen LogP contribution in [0.2, 0.25) is 0 Å². The van der Waals surface area contributed by atoms with E-state index in [1.54, 1.807) is 0 Å². The van der Waals surface area contributed by atoms with Gasteiger partial charge in [-0.05, 0) is 25.0 Å². The molecule has 3 N–H and O–H groups in total. The molecule has 0 aliphatic carbocycles. The van der Waals surface area contributed by atoms with Crippen LogP contribution in [0.5, 0.6) is 0 Å². The van der Waals surface area contributed by atoms with Crippen molar-refractivity contribution in [1.82, 2.24) is 10.6 Å². The highest BCUT2D eigenvalue weighted by atomic mass is 127. The number of benzene rings is 1. The molecule has 0 aromatic heterocycles. The summed E-state index contributed by atoms with van der Waals surface area (Å²) in [6.45, 7) is 8.67. The molecular weight excluding hydrogens is 509 g/mol. The van der Waals surface area contributed by atoms with Gasteiger partial charge in [-0.15, -0.1) is 24.0 Å². The average molecular weight is 541 g/mol. The molecule has 0 bridgehead atoms. The molecule has 0 fully saturated rings. The van der Waals surface area contributed by atoms with Crippen LogP contribution in [0.3, 0.4) is 0 Å². The van der Waals surface area contributed by atoms with Crippen LogP contribution in [0.15, 0.2) is 28.1 Å². The summed E-state index contributed by atoms with van der Waals surface area (Å²) in [5, 5.41) is 20.6. The fourth-order valence-corrected chi connectivity index (χ4v) is 3.17. The molecule has 0 heterocycles. The van der Waals surface area contributed by atoms with Crippen LogP contribution in [0, 0.1) is 16.0 Å². The molecule has 0 saturated carbocycles. The van der Waals surface area contributed by atoms with E-state index in [2.05, 4.69) is 34.8 Å². The smallest absolute Gasteiger partial charge is 0.293 e. The number of halogens is 1. The van der Waals surface area contributed by atoms with Gasteiger partial charge >= 0.3 is 0 Å². The summed E-state index contributed by atoms with van der Waals surface area (Å²) >= 11 is 0. The van der Waals surface area contributed by atoms with E-state index in [1.807, 2.05) is 6.92 Å². The molecule has 0 saturated heterocycles. The Bertz CT molecular complexity index is 782. The fourth-order valence-electron chi connectivity index (χ4n) is 2.53. The standard InChI is InChI=1S/C18H31N5O4S.HI/c1-5-14(6-2)13-22-18(19-7-3)21-11-10-20-16-9-8-15(28(4,26)27)12-17(16)23(24)25;/h8-9,12,14,20H,5-7,10-11,13H2,1-4H3,(H2,19,21,22);1H. The van der Waals surface area contributed by atoms with E-state index in [9.17, 15) is 18.5 Å². The number of nitrogens with zero attached hydrogens (tertiary/aromatic N) is 2. The van der Waals surface area contributed by atoms with Gasteiger partial charge < -0.3 is 16.0 Å². The zero-order valence-corrected chi connectivity index (χ0v) is 20.5. The molecule has 0 aliphatic heterocycles. The summed E-state index contributed by atoms with van der Waals surface area (Å²) in [4.78, 5) is 15.2. The maximum absolute atomic E-state index is 11.6. The van der Waals surface area contributed by atoms with Gasteiger partial charge in [0.25, 0.3) is 5.69 Å². The van der Waals surface area contributed by atoms with Gasteiger partial charge in [0.2, 0.25) is 0 Å². The quantitative estimate of drug-likeness (QED) is 0.0982. The van der Waals surface area contributed by atoms with Crippen molar-refractivity contribution in [1.29, 1.82) is 0 Å². The van der Waals surface area contributed by atoms with E-state index < -0.39 is 14.8 Å². The minimum Gasteiger partial charge on any atom is -0.378 e. The first-order valence-corrected chi connectivity index (χ1v) is 11.4. The van der Waals surface area contributed by atoms with Crippen molar-refractivity contribution >= 4 is 51.1 Å². The van der Waals surface area contributed by atoms with E-state index in [1.165, 1.54) is 12.1 Å². The predicted molar refractivity (Wildman–Crippen MR) is 128 cm³/mol. The zero-order valence-electron chi connectivity index (χ0n) is 17.4. The lowest BCUT2D eigenvalue weighted by Gasteiger charge is -2.14. The first-order chi connectivity index (χ1) is 13.2. The molecule has 29 heavy (non-hydrogen) atoms. The lowest BCUT2D eigenvalue weighted by atomic mass is 10.0. The lowest BCUT2D eigenvalue weighted by molar-refractivity contribution is -0.384. The second-order valence-corrected chi connectivity index (χ2v) is 8.48. The van der Waals surface area contributed by atoms with E-state index in [0.29, 0.717) is 25.0 Å². The Hall–Kier alpha value is -1.63. The normalized spacial score (nSPS) is 11.7. The Kier molecular flexibility index (Phi) is 12.8.